The van der Waals surface area contributed by atoms with Crippen LogP contribution in [0.1, 0.15) is 194 Å². The highest BCUT2D eigenvalue weighted by Gasteiger charge is 2.58. The molecule has 0 aromatic rings. The number of rotatable bonds is 37. The van der Waals surface area contributed by atoms with Crippen LogP contribution in [0, 0.1) is 0 Å². The van der Waals surface area contributed by atoms with Crippen LogP contribution in [0.15, 0.2) is 0 Å². The van der Waals surface area contributed by atoms with Crippen molar-refractivity contribution in [2.45, 2.75) is 248 Å². The van der Waals surface area contributed by atoms with Gasteiger partial charge in [-0.2, -0.15) is 0 Å². The number of unbranched alkanes of at least 4 members (excludes halogenated alkanes) is 26. The Morgan fingerprint density at radius 3 is 1.21 bits per heavy atom. The van der Waals surface area contributed by atoms with Crippen molar-refractivity contribution in [2.75, 3.05) is 32.8 Å². The maximum Gasteiger partial charge on any atom is 0.314 e. The molecule has 15 nitrogen and oxygen atoms in total. The third kappa shape index (κ3) is 23.1. The Kier molecular flexibility index (Phi) is 31.3. The predicted octanol–water partition coefficient (Wildman–Crippen LogP) is 6.18. The summed E-state index contributed by atoms with van der Waals surface area (Å²) in [6.07, 6.45) is 21.9. The Balaban J connectivity index is 1.62. The molecule has 0 spiro atoms. The summed E-state index contributed by atoms with van der Waals surface area (Å²) >= 11 is 0. The molecule has 15 heteroatoms. The van der Waals surface area contributed by atoms with Crippen LogP contribution in [0.2, 0.25) is 0 Å². The lowest BCUT2D eigenvalue weighted by molar-refractivity contribution is -0.380. The van der Waals surface area contributed by atoms with E-state index in [1.807, 2.05) is 0 Å². The van der Waals surface area contributed by atoms with Gasteiger partial charge in [-0.05, 0) is 12.8 Å². The molecule has 0 aromatic carbocycles. The van der Waals surface area contributed by atoms with Gasteiger partial charge >= 0.3 is 12.1 Å². The second-order valence-corrected chi connectivity index (χ2v) is 17.7. The van der Waals surface area contributed by atoms with E-state index >= 15 is 0 Å². The van der Waals surface area contributed by atoms with Gasteiger partial charge in [0.2, 0.25) is 5.79 Å². The Morgan fingerprint density at radius 2 is 0.836 bits per heavy atom. The monoisotopic (exact) mass is 875 g/mol. The van der Waals surface area contributed by atoms with Gasteiger partial charge in [-0.3, -0.25) is 0 Å². The quantitative estimate of drug-likeness (QED) is 0.0317. The minimum Gasteiger partial charge on any atom is -0.391 e. The molecule has 2 aliphatic heterocycles. The van der Waals surface area contributed by atoms with Crippen LogP contribution in [0.4, 0.5) is 9.59 Å². The highest BCUT2D eigenvalue weighted by atomic mass is 16.8. The molecule has 10 N–H and O–H groups in total. The summed E-state index contributed by atoms with van der Waals surface area (Å²) in [5.41, 5.74) is 0. The fourth-order valence-corrected chi connectivity index (χ4v) is 8.22. The van der Waals surface area contributed by atoms with Crippen LogP contribution in [0.5, 0.6) is 0 Å². The molecule has 0 radical (unpaired) electrons. The lowest BCUT2D eigenvalue weighted by Gasteiger charge is -2.43. The Labute approximate surface area is 368 Å². The van der Waals surface area contributed by atoms with Crippen LogP contribution >= 0.6 is 0 Å². The molecular weight excluding hydrogens is 785 g/mol. The maximum atomic E-state index is 12.5. The number of aliphatic hydroxyl groups excluding tert-OH is 6. The lowest BCUT2D eigenvalue weighted by Crippen LogP contribution is -2.63. The van der Waals surface area contributed by atoms with E-state index in [2.05, 4.69) is 35.1 Å². The molecule has 3 unspecified atom stereocenters. The molecule has 0 saturated carbocycles. The van der Waals surface area contributed by atoms with Crippen molar-refractivity contribution >= 4 is 12.1 Å². The topological polar surface area (TPSA) is 231 Å². The number of ether oxygens (including phenoxy) is 3. The standard InChI is InChI=1S/C46H90N4O11/c1-3-5-7-9-11-13-15-17-19-21-23-25-27-29-31-47-44(57)49-33-36-38(52)40(54)41(55)43(59-36)61-46(35-51)42(56)39(53)37(60-46)34-50-45(58)48-32-30-28-26-24-22-20-18-16-14-12-10-8-6-4-2/h36-43,51-56H,3-35H2,1-2H3,(H2,47,49,57)(H2,48,50,58)/t36?,37-,38-,39-,40?,41?,42+,43-,46+/m1/s1. The van der Waals surface area contributed by atoms with Crippen molar-refractivity contribution in [2.24, 2.45) is 0 Å². The number of nitrogens with one attached hydrogen (secondary N) is 4. The number of carbonyl (C=O) groups excluding carboxylic acids is 2. The number of hydrogen-bond acceptors (Lipinski definition) is 11. The minimum atomic E-state index is -2.30. The van der Waals surface area contributed by atoms with Crippen molar-refractivity contribution < 1.29 is 54.4 Å². The molecule has 2 aliphatic rings. The zero-order valence-electron chi connectivity index (χ0n) is 38.2. The first-order valence-electron chi connectivity index (χ1n) is 24.7. The van der Waals surface area contributed by atoms with E-state index in [0.717, 1.165) is 38.5 Å². The zero-order chi connectivity index (χ0) is 44.6. The molecule has 0 bridgehead atoms. The first-order valence-corrected chi connectivity index (χ1v) is 24.7. The molecule has 360 valence electrons. The Bertz CT molecular complexity index is 1100. The van der Waals surface area contributed by atoms with Gasteiger partial charge in [0.1, 0.15) is 49.3 Å². The average Bonchev–Trinajstić information content (AvgIpc) is 3.49. The van der Waals surface area contributed by atoms with Gasteiger partial charge in [0, 0.05) is 26.2 Å². The Morgan fingerprint density at radius 1 is 0.475 bits per heavy atom. The molecular formula is C46H90N4O11. The summed E-state index contributed by atoms with van der Waals surface area (Å²) in [7, 11) is 0. The van der Waals surface area contributed by atoms with E-state index in [1.54, 1.807) is 0 Å². The third-order valence-corrected chi connectivity index (χ3v) is 12.3. The van der Waals surface area contributed by atoms with E-state index in [9.17, 15) is 40.2 Å². The van der Waals surface area contributed by atoms with Gasteiger partial charge in [-0.15, -0.1) is 0 Å². The summed E-state index contributed by atoms with van der Waals surface area (Å²) in [5.74, 6) is -2.30. The van der Waals surface area contributed by atoms with Crippen molar-refractivity contribution in [1.82, 2.24) is 21.3 Å². The summed E-state index contributed by atoms with van der Waals surface area (Å²) < 4.78 is 17.2. The summed E-state index contributed by atoms with van der Waals surface area (Å²) in [5, 5.41) is 74.6. The molecule has 0 aliphatic carbocycles. The fraction of sp³-hybridized carbons (Fsp3) is 0.957. The van der Waals surface area contributed by atoms with E-state index in [1.165, 1.54) is 141 Å². The van der Waals surface area contributed by atoms with Crippen molar-refractivity contribution in [1.29, 1.82) is 0 Å². The molecule has 61 heavy (non-hydrogen) atoms. The average molecular weight is 875 g/mol. The van der Waals surface area contributed by atoms with Gasteiger partial charge in [0.05, 0.1) is 0 Å². The minimum absolute atomic E-state index is 0.232. The molecule has 9 atom stereocenters. The van der Waals surface area contributed by atoms with Gasteiger partial charge in [0.15, 0.2) is 6.29 Å². The van der Waals surface area contributed by atoms with Crippen molar-refractivity contribution in [3.63, 3.8) is 0 Å². The molecule has 4 amide bonds. The molecule has 2 rings (SSSR count). The second kappa shape index (κ2) is 34.6. The second-order valence-electron chi connectivity index (χ2n) is 17.7. The summed E-state index contributed by atoms with van der Waals surface area (Å²) in [6.45, 7) is 3.97. The normalized spacial score (nSPS) is 26.4. The summed E-state index contributed by atoms with van der Waals surface area (Å²) in [6, 6.07) is -0.975. The van der Waals surface area contributed by atoms with Gasteiger partial charge in [0.25, 0.3) is 0 Å². The summed E-state index contributed by atoms with van der Waals surface area (Å²) in [4.78, 5) is 25.0. The van der Waals surface area contributed by atoms with Gasteiger partial charge in [-0.25, -0.2) is 9.59 Å². The van der Waals surface area contributed by atoms with Crippen LogP contribution in [0.25, 0.3) is 0 Å². The molecule has 0 aromatic heterocycles. The van der Waals surface area contributed by atoms with Crippen LogP contribution in [0.3, 0.4) is 0 Å². The molecule has 2 heterocycles. The largest absolute Gasteiger partial charge is 0.391 e. The van der Waals surface area contributed by atoms with Crippen molar-refractivity contribution in [3.8, 4) is 0 Å². The predicted molar refractivity (Wildman–Crippen MR) is 238 cm³/mol. The van der Waals surface area contributed by atoms with Crippen molar-refractivity contribution in [3.05, 3.63) is 0 Å². The lowest BCUT2D eigenvalue weighted by atomic mass is 9.98. The Hall–Kier alpha value is -1.82. The van der Waals surface area contributed by atoms with Gasteiger partial charge in [-0.1, -0.05) is 181 Å². The molecule has 2 fully saturated rings. The van der Waals surface area contributed by atoms with E-state index in [0.29, 0.717) is 13.1 Å². The first-order chi connectivity index (χ1) is 29.6. The fourth-order valence-electron chi connectivity index (χ4n) is 8.22. The third-order valence-electron chi connectivity index (χ3n) is 12.3. The SMILES string of the molecule is CCCCCCCCCCCCCCCCNC(=O)NCC1O[C@H](O[C@]2(CO)O[C@H](CNC(=O)NCCCCCCCCCCCCCCCC)[C@@H](O)[C@@H]2O)C(O)C(O)[C@@H]1O. The van der Waals surface area contributed by atoms with E-state index in [-0.39, 0.29) is 13.1 Å². The number of carbonyl (C=O) groups is 2. The van der Waals surface area contributed by atoms with Crippen LogP contribution < -0.4 is 21.3 Å². The number of aliphatic hydroxyl groups is 6. The zero-order valence-corrected chi connectivity index (χ0v) is 38.2. The highest BCUT2D eigenvalue weighted by molar-refractivity contribution is 5.74. The number of amides is 4. The number of hydrogen-bond donors (Lipinski definition) is 10. The first kappa shape index (κ1) is 55.3. The smallest absolute Gasteiger partial charge is 0.314 e. The van der Waals surface area contributed by atoms with Crippen LogP contribution in [-0.4, -0.2) is 130 Å². The maximum absolute atomic E-state index is 12.5. The van der Waals surface area contributed by atoms with Gasteiger partial charge < -0.3 is 66.1 Å². The van der Waals surface area contributed by atoms with E-state index in [4.69, 9.17) is 14.2 Å². The van der Waals surface area contributed by atoms with Crippen LogP contribution in [-0.2, 0) is 14.2 Å². The van der Waals surface area contributed by atoms with E-state index < -0.39 is 73.5 Å². The number of urea groups is 2. The highest BCUT2D eigenvalue weighted by Crippen LogP contribution is 2.36. The molecule has 2 saturated heterocycles.